The van der Waals surface area contributed by atoms with E-state index in [0.29, 0.717) is 17.2 Å². The molecule has 3 aromatic rings. The summed E-state index contributed by atoms with van der Waals surface area (Å²) in [4.78, 5) is 33.8. The second kappa shape index (κ2) is 10.8. The highest BCUT2D eigenvalue weighted by atomic mass is 16.7. The Balaban J connectivity index is 1.60. The van der Waals surface area contributed by atoms with E-state index in [2.05, 4.69) is 17.2 Å². The van der Waals surface area contributed by atoms with Crippen molar-refractivity contribution in [3.63, 3.8) is 0 Å². The minimum absolute atomic E-state index is 0.104. The number of rotatable bonds is 7. The number of hydrogen-bond donors (Lipinski definition) is 1. The van der Waals surface area contributed by atoms with Crippen molar-refractivity contribution in [3.8, 4) is 11.5 Å². The molecule has 5 rings (SSSR count). The summed E-state index contributed by atoms with van der Waals surface area (Å²) in [5.41, 5.74) is 2.70. The predicted octanol–water partition coefficient (Wildman–Crippen LogP) is 5.21. The molecule has 2 amide bonds. The molecule has 7 heteroatoms. The number of amides is 2. The molecule has 1 saturated carbocycles. The Hall–Kier alpha value is -3.87. The van der Waals surface area contributed by atoms with E-state index in [9.17, 15) is 9.59 Å². The molecule has 36 heavy (non-hydrogen) atoms. The molecule has 2 aromatic carbocycles. The molecule has 1 aromatic heterocycles. The van der Waals surface area contributed by atoms with E-state index in [1.165, 1.54) is 11.3 Å². The van der Waals surface area contributed by atoms with Crippen LogP contribution < -0.4 is 19.7 Å². The molecular formula is C29H31N3O4. The minimum atomic E-state index is -0.882. The molecule has 7 nitrogen and oxygen atoms in total. The standard InChI is InChI=1S/C29H31N3O4/c1-2-20-11-13-21(14-12-20)27(28(33)31-22-8-4-3-5-9-22)32(29(34)24-10-6-7-17-30-24)23-15-16-25-26(18-23)36-19-35-25/h6-7,10-18,22,27H,2-5,8-9,19H2,1H3,(H,31,33). The van der Waals surface area contributed by atoms with Gasteiger partial charge in [0.2, 0.25) is 12.7 Å². The molecule has 0 spiro atoms. The van der Waals surface area contributed by atoms with Crippen molar-refractivity contribution in [2.24, 2.45) is 0 Å². The van der Waals surface area contributed by atoms with Crippen LogP contribution in [0.15, 0.2) is 66.9 Å². The summed E-state index contributed by atoms with van der Waals surface area (Å²) in [7, 11) is 0. The number of aromatic nitrogens is 1. The first-order chi connectivity index (χ1) is 17.6. The average Bonchev–Trinajstić information content (AvgIpc) is 3.40. The quantitative estimate of drug-likeness (QED) is 0.497. The fourth-order valence-corrected chi connectivity index (χ4v) is 4.91. The molecule has 1 unspecified atom stereocenters. The number of aryl methyl sites for hydroxylation is 1. The van der Waals surface area contributed by atoms with E-state index in [0.717, 1.165) is 43.2 Å². The molecular weight excluding hydrogens is 454 g/mol. The Labute approximate surface area is 211 Å². The van der Waals surface area contributed by atoms with Gasteiger partial charge < -0.3 is 14.8 Å². The highest BCUT2D eigenvalue weighted by Gasteiger charge is 2.36. The van der Waals surface area contributed by atoms with E-state index in [1.54, 1.807) is 42.6 Å². The number of benzene rings is 2. The number of nitrogens with zero attached hydrogens (tertiary/aromatic N) is 2. The number of ether oxygens (including phenoxy) is 2. The Bertz CT molecular complexity index is 1210. The van der Waals surface area contributed by atoms with Gasteiger partial charge in [0.05, 0.1) is 0 Å². The van der Waals surface area contributed by atoms with Crippen molar-refractivity contribution in [3.05, 3.63) is 83.7 Å². The van der Waals surface area contributed by atoms with Crippen molar-refractivity contribution in [1.82, 2.24) is 10.3 Å². The summed E-state index contributed by atoms with van der Waals surface area (Å²) in [6.45, 7) is 2.21. The summed E-state index contributed by atoms with van der Waals surface area (Å²) in [6, 6.07) is 17.6. The average molecular weight is 486 g/mol. The normalized spacial score (nSPS) is 15.8. The van der Waals surface area contributed by atoms with Crippen LogP contribution in [0.4, 0.5) is 5.69 Å². The number of carbonyl (C=O) groups is 2. The summed E-state index contributed by atoms with van der Waals surface area (Å²) < 4.78 is 11.1. The molecule has 1 atom stereocenters. The molecule has 0 radical (unpaired) electrons. The van der Waals surface area contributed by atoms with Gasteiger partial charge in [-0.15, -0.1) is 0 Å². The highest BCUT2D eigenvalue weighted by molar-refractivity contribution is 6.09. The van der Waals surface area contributed by atoms with E-state index in [4.69, 9.17) is 9.47 Å². The lowest BCUT2D eigenvalue weighted by atomic mass is 9.94. The van der Waals surface area contributed by atoms with Crippen LogP contribution in [0.25, 0.3) is 0 Å². The van der Waals surface area contributed by atoms with Crippen molar-refractivity contribution >= 4 is 17.5 Å². The van der Waals surface area contributed by atoms with Crippen LogP contribution in [0.1, 0.15) is 66.7 Å². The van der Waals surface area contributed by atoms with Crippen molar-refractivity contribution in [2.45, 2.75) is 57.5 Å². The topological polar surface area (TPSA) is 80.8 Å². The Kier molecular flexibility index (Phi) is 7.16. The summed E-state index contributed by atoms with van der Waals surface area (Å²) in [6.07, 6.45) is 7.75. The maximum Gasteiger partial charge on any atom is 0.277 e. The molecule has 1 N–H and O–H groups in total. The number of pyridine rings is 1. The summed E-state index contributed by atoms with van der Waals surface area (Å²) in [5, 5.41) is 3.25. The number of nitrogens with one attached hydrogen (secondary N) is 1. The van der Waals surface area contributed by atoms with E-state index in [-0.39, 0.29) is 30.3 Å². The van der Waals surface area contributed by atoms with E-state index < -0.39 is 6.04 Å². The summed E-state index contributed by atoms with van der Waals surface area (Å²) in [5.74, 6) is 0.588. The Morgan fingerprint density at radius 3 is 2.50 bits per heavy atom. The largest absolute Gasteiger partial charge is 0.454 e. The summed E-state index contributed by atoms with van der Waals surface area (Å²) >= 11 is 0. The molecule has 186 valence electrons. The lowest BCUT2D eigenvalue weighted by molar-refractivity contribution is -0.123. The highest BCUT2D eigenvalue weighted by Crippen LogP contribution is 2.39. The van der Waals surface area contributed by atoms with Gasteiger partial charge in [0.1, 0.15) is 11.7 Å². The maximum atomic E-state index is 14.0. The first-order valence-corrected chi connectivity index (χ1v) is 12.7. The predicted molar refractivity (Wildman–Crippen MR) is 137 cm³/mol. The van der Waals surface area contributed by atoms with Gasteiger partial charge in [-0.2, -0.15) is 0 Å². The monoisotopic (exact) mass is 485 g/mol. The van der Waals surface area contributed by atoms with Gasteiger partial charge in [-0.25, -0.2) is 0 Å². The Morgan fingerprint density at radius 1 is 1.00 bits per heavy atom. The number of carbonyl (C=O) groups excluding carboxylic acids is 2. The van der Waals surface area contributed by atoms with Gasteiger partial charge in [-0.05, 0) is 54.7 Å². The SMILES string of the molecule is CCc1ccc(C(C(=O)NC2CCCCC2)N(C(=O)c2ccccn2)c2ccc3c(c2)OCO3)cc1. The van der Waals surface area contributed by atoms with Gasteiger partial charge in [0.15, 0.2) is 11.5 Å². The van der Waals surface area contributed by atoms with E-state index >= 15 is 0 Å². The molecule has 1 aliphatic carbocycles. The van der Waals surface area contributed by atoms with Crippen LogP contribution in [0.3, 0.4) is 0 Å². The van der Waals surface area contributed by atoms with Crippen LogP contribution >= 0.6 is 0 Å². The third-order valence-electron chi connectivity index (χ3n) is 6.90. The van der Waals surface area contributed by atoms with Crippen LogP contribution in [0, 0.1) is 0 Å². The lowest BCUT2D eigenvalue weighted by Gasteiger charge is -2.33. The zero-order chi connectivity index (χ0) is 24.9. The Morgan fingerprint density at radius 2 is 1.78 bits per heavy atom. The molecule has 1 fully saturated rings. The lowest BCUT2D eigenvalue weighted by Crippen LogP contribution is -2.47. The second-order valence-corrected chi connectivity index (χ2v) is 9.27. The van der Waals surface area contributed by atoms with Crippen LogP contribution in [-0.2, 0) is 11.2 Å². The molecule has 0 saturated heterocycles. The fourth-order valence-electron chi connectivity index (χ4n) is 4.91. The zero-order valence-electron chi connectivity index (χ0n) is 20.5. The van der Waals surface area contributed by atoms with E-state index in [1.807, 2.05) is 24.3 Å². The van der Waals surface area contributed by atoms with Gasteiger partial charge in [0, 0.05) is 24.0 Å². The van der Waals surface area contributed by atoms with Crippen molar-refractivity contribution in [1.29, 1.82) is 0 Å². The number of anilines is 1. The first-order valence-electron chi connectivity index (χ1n) is 12.7. The van der Waals surface area contributed by atoms with Gasteiger partial charge in [-0.1, -0.05) is 56.5 Å². The van der Waals surface area contributed by atoms with Gasteiger partial charge in [0.25, 0.3) is 5.91 Å². The smallest absolute Gasteiger partial charge is 0.277 e. The third-order valence-corrected chi connectivity index (χ3v) is 6.90. The molecule has 2 aliphatic rings. The van der Waals surface area contributed by atoms with Crippen LogP contribution in [-0.4, -0.2) is 29.6 Å². The fraction of sp³-hybridized carbons (Fsp3) is 0.345. The third kappa shape index (κ3) is 5.05. The number of hydrogen-bond acceptors (Lipinski definition) is 5. The second-order valence-electron chi connectivity index (χ2n) is 9.27. The molecule has 2 heterocycles. The van der Waals surface area contributed by atoms with Gasteiger partial charge in [-0.3, -0.25) is 19.5 Å². The van der Waals surface area contributed by atoms with Crippen molar-refractivity contribution in [2.75, 3.05) is 11.7 Å². The number of fused-ring (bicyclic) bond motifs is 1. The zero-order valence-corrected chi connectivity index (χ0v) is 20.5. The minimum Gasteiger partial charge on any atom is -0.454 e. The van der Waals surface area contributed by atoms with Gasteiger partial charge >= 0.3 is 0 Å². The van der Waals surface area contributed by atoms with Crippen LogP contribution in [0.2, 0.25) is 0 Å². The molecule has 1 aliphatic heterocycles. The maximum absolute atomic E-state index is 14.0. The van der Waals surface area contributed by atoms with Crippen molar-refractivity contribution < 1.29 is 19.1 Å². The molecule has 0 bridgehead atoms. The van der Waals surface area contributed by atoms with Crippen LogP contribution in [0.5, 0.6) is 11.5 Å². The first kappa shape index (κ1) is 23.9.